The fourth-order valence-electron chi connectivity index (χ4n) is 3.28. The van der Waals surface area contributed by atoms with Crippen molar-refractivity contribution in [3.8, 4) is 11.4 Å². The second-order valence-electron chi connectivity index (χ2n) is 9.58. The molecule has 0 aliphatic rings. The Morgan fingerprint density at radius 2 is 1.38 bits per heavy atom. The standard InChI is InChI=1S/C22H29N3O/c1-21(2,3)13-15-11-16(14-22(4,5)6)20(26)19(12-15)25-23-17-9-7-8-10-18(17)24-25/h7-12,26H,13-14H2,1-6H3. The molecule has 3 aromatic rings. The second-order valence-corrected chi connectivity index (χ2v) is 9.58. The summed E-state index contributed by atoms with van der Waals surface area (Å²) >= 11 is 0. The van der Waals surface area contributed by atoms with Crippen LogP contribution in [0.25, 0.3) is 16.7 Å². The zero-order valence-corrected chi connectivity index (χ0v) is 16.7. The van der Waals surface area contributed by atoms with Gasteiger partial charge in [0.25, 0.3) is 0 Å². The van der Waals surface area contributed by atoms with Crippen molar-refractivity contribution in [3.05, 3.63) is 47.5 Å². The Bertz CT molecular complexity index is 894. The molecule has 1 heterocycles. The molecule has 0 amide bonds. The average Bonchev–Trinajstić information content (AvgIpc) is 2.91. The molecule has 0 spiro atoms. The van der Waals surface area contributed by atoms with Gasteiger partial charge in [-0.05, 0) is 53.0 Å². The number of fused-ring (bicyclic) bond motifs is 1. The van der Waals surface area contributed by atoms with Crippen LogP contribution in [0.4, 0.5) is 0 Å². The smallest absolute Gasteiger partial charge is 0.146 e. The molecule has 0 aliphatic heterocycles. The van der Waals surface area contributed by atoms with Gasteiger partial charge in [0, 0.05) is 0 Å². The lowest BCUT2D eigenvalue weighted by molar-refractivity contribution is 0.390. The third kappa shape index (κ3) is 4.24. The molecule has 0 aliphatic carbocycles. The van der Waals surface area contributed by atoms with Crippen molar-refractivity contribution in [2.45, 2.75) is 54.4 Å². The molecule has 0 atom stereocenters. The second kappa shape index (κ2) is 6.42. The van der Waals surface area contributed by atoms with E-state index in [0.717, 1.165) is 29.4 Å². The van der Waals surface area contributed by atoms with E-state index in [1.54, 1.807) is 4.80 Å². The largest absolute Gasteiger partial charge is 0.505 e. The average molecular weight is 351 g/mol. The number of aromatic nitrogens is 3. The minimum Gasteiger partial charge on any atom is -0.505 e. The van der Waals surface area contributed by atoms with Crippen molar-refractivity contribution in [2.75, 3.05) is 0 Å². The van der Waals surface area contributed by atoms with Crippen LogP contribution in [-0.4, -0.2) is 20.1 Å². The number of nitrogens with zero attached hydrogens (tertiary/aromatic N) is 3. The highest BCUT2D eigenvalue weighted by atomic mass is 16.3. The summed E-state index contributed by atoms with van der Waals surface area (Å²) in [6.07, 6.45) is 1.73. The quantitative estimate of drug-likeness (QED) is 0.696. The highest BCUT2D eigenvalue weighted by Crippen LogP contribution is 2.34. The summed E-state index contributed by atoms with van der Waals surface area (Å²) in [7, 11) is 0. The van der Waals surface area contributed by atoms with Gasteiger partial charge in [0.15, 0.2) is 0 Å². The molecule has 0 radical (unpaired) electrons. The summed E-state index contributed by atoms with van der Waals surface area (Å²) in [5.41, 5.74) is 4.70. The Morgan fingerprint density at radius 1 is 0.846 bits per heavy atom. The lowest BCUT2D eigenvalue weighted by atomic mass is 9.84. The molecular weight excluding hydrogens is 322 g/mol. The van der Waals surface area contributed by atoms with Crippen molar-refractivity contribution in [3.63, 3.8) is 0 Å². The van der Waals surface area contributed by atoms with Crippen LogP contribution in [0.2, 0.25) is 0 Å². The monoisotopic (exact) mass is 351 g/mol. The fraction of sp³-hybridized carbons (Fsp3) is 0.455. The van der Waals surface area contributed by atoms with Crippen LogP contribution in [0.3, 0.4) is 0 Å². The minimum atomic E-state index is 0.0807. The molecule has 26 heavy (non-hydrogen) atoms. The molecule has 1 N–H and O–H groups in total. The summed E-state index contributed by atoms with van der Waals surface area (Å²) in [6, 6.07) is 11.9. The topological polar surface area (TPSA) is 50.9 Å². The zero-order chi connectivity index (χ0) is 19.1. The van der Waals surface area contributed by atoms with Crippen molar-refractivity contribution in [1.29, 1.82) is 0 Å². The Labute approximate surface area is 155 Å². The lowest BCUT2D eigenvalue weighted by Crippen LogP contribution is -2.13. The van der Waals surface area contributed by atoms with Crippen LogP contribution >= 0.6 is 0 Å². The van der Waals surface area contributed by atoms with E-state index < -0.39 is 0 Å². The Morgan fingerprint density at radius 3 is 1.88 bits per heavy atom. The molecule has 2 aromatic carbocycles. The highest BCUT2D eigenvalue weighted by Gasteiger charge is 2.21. The van der Waals surface area contributed by atoms with E-state index in [4.69, 9.17) is 0 Å². The molecule has 4 heteroatoms. The van der Waals surface area contributed by atoms with Crippen molar-refractivity contribution >= 4 is 11.0 Å². The molecule has 0 fully saturated rings. The first-order valence-electron chi connectivity index (χ1n) is 9.19. The zero-order valence-electron chi connectivity index (χ0n) is 16.7. The first kappa shape index (κ1) is 18.4. The first-order valence-corrected chi connectivity index (χ1v) is 9.19. The van der Waals surface area contributed by atoms with Crippen LogP contribution in [0.1, 0.15) is 52.7 Å². The number of phenolic OH excluding ortho intramolecular Hbond substituents is 1. The maximum Gasteiger partial charge on any atom is 0.146 e. The van der Waals surface area contributed by atoms with Crippen LogP contribution in [0.5, 0.6) is 5.75 Å². The van der Waals surface area contributed by atoms with Crippen molar-refractivity contribution < 1.29 is 5.11 Å². The van der Waals surface area contributed by atoms with Crippen LogP contribution < -0.4 is 0 Å². The summed E-state index contributed by atoms with van der Waals surface area (Å²) in [5, 5.41) is 20.1. The third-order valence-electron chi connectivity index (χ3n) is 4.19. The van der Waals surface area contributed by atoms with E-state index in [-0.39, 0.29) is 16.6 Å². The fourth-order valence-corrected chi connectivity index (χ4v) is 3.28. The third-order valence-corrected chi connectivity index (χ3v) is 4.19. The SMILES string of the molecule is CC(C)(C)Cc1cc(CC(C)(C)C)c(O)c(-n2nc3ccccc3n2)c1. The van der Waals surface area contributed by atoms with Crippen LogP contribution in [-0.2, 0) is 12.8 Å². The Kier molecular flexibility index (Phi) is 4.55. The van der Waals surface area contributed by atoms with Gasteiger partial charge in [0.2, 0.25) is 0 Å². The lowest BCUT2D eigenvalue weighted by Gasteiger charge is -2.23. The maximum absolute atomic E-state index is 11.0. The van der Waals surface area contributed by atoms with Crippen LogP contribution in [0, 0.1) is 10.8 Å². The molecule has 0 saturated heterocycles. The number of hydrogen-bond donors (Lipinski definition) is 1. The van der Waals surface area contributed by atoms with E-state index in [9.17, 15) is 5.11 Å². The highest BCUT2D eigenvalue weighted by molar-refractivity contribution is 5.73. The molecule has 0 unspecified atom stereocenters. The number of hydrogen-bond acceptors (Lipinski definition) is 3. The van der Waals surface area contributed by atoms with Gasteiger partial charge in [0.1, 0.15) is 22.5 Å². The number of phenols is 1. The van der Waals surface area contributed by atoms with Crippen molar-refractivity contribution in [2.24, 2.45) is 10.8 Å². The number of rotatable bonds is 3. The molecule has 0 bridgehead atoms. The van der Waals surface area contributed by atoms with Gasteiger partial charge in [-0.25, -0.2) is 0 Å². The van der Waals surface area contributed by atoms with E-state index in [2.05, 4.69) is 57.8 Å². The molecular formula is C22H29N3O. The molecule has 4 nitrogen and oxygen atoms in total. The number of benzene rings is 2. The van der Waals surface area contributed by atoms with Gasteiger partial charge in [-0.15, -0.1) is 15.0 Å². The van der Waals surface area contributed by atoms with E-state index in [0.29, 0.717) is 5.69 Å². The normalized spacial score (nSPS) is 12.7. The molecule has 1 aromatic heterocycles. The summed E-state index contributed by atoms with van der Waals surface area (Å²) in [5.74, 6) is 0.276. The van der Waals surface area contributed by atoms with E-state index >= 15 is 0 Å². The maximum atomic E-state index is 11.0. The summed E-state index contributed by atoms with van der Waals surface area (Å²) in [6.45, 7) is 13.2. The number of aromatic hydroxyl groups is 1. The van der Waals surface area contributed by atoms with E-state index in [1.807, 2.05) is 30.3 Å². The van der Waals surface area contributed by atoms with E-state index in [1.165, 1.54) is 5.56 Å². The van der Waals surface area contributed by atoms with Gasteiger partial charge in [-0.1, -0.05) is 59.7 Å². The predicted octanol–water partition coefficient (Wildman–Crippen LogP) is 5.30. The first-order chi connectivity index (χ1) is 12.0. The van der Waals surface area contributed by atoms with Gasteiger partial charge in [-0.2, -0.15) is 0 Å². The summed E-state index contributed by atoms with van der Waals surface area (Å²) in [4.78, 5) is 1.57. The van der Waals surface area contributed by atoms with Gasteiger partial charge in [-0.3, -0.25) is 0 Å². The van der Waals surface area contributed by atoms with Gasteiger partial charge < -0.3 is 5.11 Å². The predicted molar refractivity (Wildman–Crippen MR) is 107 cm³/mol. The minimum absolute atomic E-state index is 0.0807. The van der Waals surface area contributed by atoms with Gasteiger partial charge >= 0.3 is 0 Å². The van der Waals surface area contributed by atoms with Crippen LogP contribution in [0.15, 0.2) is 36.4 Å². The Hall–Kier alpha value is -2.36. The molecule has 138 valence electrons. The Balaban J connectivity index is 2.15. The molecule has 3 rings (SSSR count). The van der Waals surface area contributed by atoms with Crippen molar-refractivity contribution in [1.82, 2.24) is 15.0 Å². The summed E-state index contributed by atoms with van der Waals surface area (Å²) < 4.78 is 0. The molecule has 0 saturated carbocycles. The van der Waals surface area contributed by atoms with Gasteiger partial charge in [0.05, 0.1) is 0 Å².